The van der Waals surface area contributed by atoms with Gasteiger partial charge in [0.1, 0.15) is 24.8 Å². The Hall–Kier alpha value is -4.24. The van der Waals surface area contributed by atoms with Gasteiger partial charge in [-0.15, -0.1) is 0 Å². The van der Waals surface area contributed by atoms with E-state index in [1.807, 2.05) is 24.3 Å². The van der Waals surface area contributed by atoms with Crippen LogP contribution in [0.15, 0.2) is 66.2 Å². The van der Waals surface area contributed by atoms with Gasteiger partial charge in [0.25, 0.3) is 5.78 Å². The van der Waals surface area contributed by atoms with Crippen molar-refractivity contribution >= 4 is 44.1 Å². The van der Waals surface area contributed by atoms with E-state index in [0.29, 0.717) is 46.1 Å². The molecule has 1 atom stereocenters. The van der Waals surface area contributed by atoms with Crippen molar-refractivity contribution in [3.05, 3.63) is 88.7 Å². The minimum Gasteiger partial charge on any atom is -0.507 e. The Kier molecular flexibility index (Phi) is 5.91. The van der Waals surface area contributed by atoms with Gasteiger partial charge in [-0.1, -0.05) is 56.4 Å². The number of carbonyl (C=O) groups is 2. The van der Waals surface area contributed by atoms with Crippen LogP contribution >= 0.6 is 11.3 Å². The number of Topliss-reactive ketones (excluding diaryl/α,β-unsaturated/α-hetero) is 1. The van der Waals surface area contributed by atoms with Crippen LogP contribution in [-0.2, 0) is 15.0 Å². The number of fused-ring (bicyclic) bond motifs is 2. The van der Waals surface area contributed by atoms with E-state index in [2.05, 4.69) is 25.8 Å². The van der Waals surface area contributed by atoms with E-state index in [0.717, 1.165) is 16.9 Å². The van der Waals surface area contributed by atoms with Crippen LogP contribution in [0.5, 0.6) is 11.5 Å². The van der Waals surface area contributed by atoms with Crippen molar-refractivity contribution in [1.82, 2.24) is 4.98 Å². The molecule has 0 saturated carbocycles. The largest absolute Gasteiger partial charge is 0.507 e. The normalized spacial score (nSPS) is 18.7. The SMILES string of the molecule is CC(C)(C)c1ccc(C2/C(=C(\O)c3ccc4c(c3)OCCO4)C(=O)C(=O)N2c2nc3ccc(F)cc3s2)cc1. The summed E-state index contributed by atoms with van der Waals surface area (Å²) in [4.78, 5) is 32.9. The van der Waals surface area contributed by atoms with Crippen LogP contribution in [0.2, 0.25) is 0 Å². The minimum absolute atomic E-state index is 0.0642. The number of rotatable bonds is 3. The lowest BCUT2D eigenvalue weighted by atomic mass is 9.85. The summed E-state index contributed by atoms with van der Waals surface area (Å²) in [5, 5.41) is 11.7. The van der Waals surface area contributed by atoms with Crippen molar-refractivity contribution in [3.63, 3.8) is 0 Å². The molecule has 0 bridgehead atoms. The number of aromatic nitrogens is 1. The van der Waals surface area contributed by atoms with Crippen LogP contribution in [0, 0.1) is 5.82 Å². The average Bonchev–Trinajstić information content (AvgIpc) is 3.45. The number of aliphatic hydroxyl groups excluding tert-OH is 1. The highest BCUT2D eigenvalue weighted by Gasteiger charge is 2.48. The Labute approximate surface area is 228 Å². The summed E-state index contributed by atoms with van der Waals surface area (Å²) < 4.78 is 25.7. The molecule has 1 saturated heterocycles. The number of hydrogen-bond acceptors (Lipinski definition) is 7. The Morgan fingerprint density at radius 2 is 1.72 bits per heavy atom. The van der Waals surface area contributed by atoms with Crippen LogP contribution in [0.25, 0.3) is 16.0 Å². The molecule has 7 nitrogen and oxygen atoms in total. The smallest absolute Gasteiger partial charge is 0.301 e. The monoisotopic (exact) mass is 544 g/mol. The number of ether oxygens (including phenoxy) is 2. The lowest BCUT2D eigenvalue weighted by Gasteiger charge is -2.25. The highest BCUT2D eigenvalue weighted by molar-refractivity contribution is 7.22. The number of amides is 1. The number of hydrogen-bond donors (Lipinski definition) is 1. The number of thiazole rings is 1. The maximum Gasteiger partial charge on any atom is 0.301 e. The molecule has 1 amide bonds. The Balaban J connectivity index is 1.53. The number of nitrogens with zero attached hydrogens (tertiary/aromatic N) is 2. The van der Waals surface area contributed by atoms with Gasteiger partial charge in [0, 0.05) is 5.56 Å². The first kappa shape index (κ1) is 25.1. The molecule has 1 N–H and O–H groups in total. The number of ketones is 1. The Morgan fingerprint density at radius 3 is 2.44 bits per heavy atom. The van der Waals surface area contributed by atoms with Crippen LogP contribution in [0.4, 0.5) is 9.52 Å². The fraction of sp³-hybridized carbons (Fsp3) is 0.233. The van der Waals surface area contributed by atoms with Gasteiger partial charge in [-0.2, -0.15) is 0 Å². The molecular weight excluding hydrogens is 519 g/mol. The van der Waals surface area contributed by atoms with Crippen molar-refractivity contribution in [3.8, 4) is 11.5 Å². The van der Waals surface area contributed by atoms with Crippen LogP contribution < -0.4 is 14.4 Å². The maximum atomic E-state index is 13.9. The number of carbonyl (C=O) groups excluding carboxylic acids is 2. The number of benzene rings is 3. The lowest BCUT2D eigenvalue weighted by Crippen LogP contribution is -2.29. The summed E-state index contributed by atoms with van der Waals surface area (Å²) in [6, 6.07) is 15.7. The van der Waals surface area contributed by atoms with E-state index < -0.39 is 23.5 Å². The van der Waals surface area contributed by atoms with Gasteiger partial charge >= 0.3 is 5.91 Å². The molecule has 1 aromatic heterocycles. The van der Waals surface area contributed by atoms with Gasteiger partial charge in [-0.3, -0.25) is 14.5 Å². The molecule has 0 radical (unpaired) electrons. The fourth-order valence-corrected chi connectivity index (χ4v) is 5.86. The molecule has 1 unspecified atom stereocenters. The highest BCUT2D eigenvalue weighted by Crippen LogP contribution is 2.45. The predicted octanol–water partition coefficient (Wildman–Crippen LogP) is 6.13. The summed E-state index contributed by atoms with van der Waals surface area (Å²) >= 11 is 1.11. The molecule has 0 spiro atoms. The van der Waals surface area contributed by atoms with Crippen molar-refractivity contribution in [2.75, 3.05) is 18.1 Å². The van der Waals surface area contributed by atoms with Crippen LogP contribution in [0.3, 0.4) is 0 Å². The molecule has 3 heterocycles. The molecule has 6 rings (SSSR count). The summed E-state index contributed by atoms with van der Waals surface area (Å²) in [7, 11) is 0. The van der Waals surface area contributed by atoms with E-state index in [4.69, 9.17) is 9.47 Å². The molecule has 3 aromatic carbocycles. The first-order valence-electron chi connectivity index (χ1n) is 12.5. The van der Waals surface area contributed by atoms with Gasteiger partial charge in [0.15, 0.2) is 16.6 Å². The number of aliphatic hydroxyl groups is 1. The third-order valence-corrected chi connectivity index (χ3v) is 7.92. The number of anilines is 1. The minimum atomic E-state index is -0.947. The Bertz CT molecular complexity index is 1670. The third-order valence-electron chi connectivity index (χ3n) is 6.90. The van der Waals surface area contributed by atoms with Crippen LogP contribution in [-0.4, -0.2) is 35.0 Å². The zero-order chi connectivity index (χ0) is 27.5. The van der Waals surface area contributed by atoms with E-state index in [1.165, 1.54) is 23.1 Å². The third kappa shape index (κ3) is 4.32. The van der Waals surface area contributed by atoms with Crippen molar-refractivity contribution in [1.29, 1.82) is 0 Å². The second-order valence-electron chi connectivity index (χ2n) is 10.5. The molecule has 0 aliphatic carbocycles. The molecular formula is C30H25FN2O5S. The zero-order valence-corrected chi connectivity index (χ0v) is 22.3. The van der Waals surface area contributed by atoms with E-state index >= 15 is 0 Å². The van der Waals surface area contributed by atoms with Crippen LogP contribution in [0.1, 0.15) is 43.5 Å². The van der Waals surface area contributed by atoms with Gasteiger partial charge in [-0.05, 0) is 52.9 Å². The second-order valence-corrected chi connectivity index (χ2v) is 11.5. The summed E-state index contributed by atoms with van der Waals surface area (Å²) in [5.41, 5.74) is 2.36. The first-order chi connectivity index (χ1) is 18.6. The lowest BCUT2D eigenvalue weighted by molar-refractivity contribution is -0.132. The topological polar surface area (TPSA) is 89.0 Å². The van der Waals surface area contributed by atoms with E-state index in [-0.39, 0.29) is 21.9 Å². The fourth-order valence-electron chi connectivity index (χ4n) is 4.85. The van der Waals surface area contributed by atoms with E-state index in [9.17, 15) is 19.1 Å². The molecule has 39 heavy (non-hydrogen) atoms. The summed E-state index contributed by atoms with van der Waals surface area (Å²) in [6.07, 6.45) is 0. The first-order valence-corrected chi connectivity index (χ1v) is 13.3. The maximum absolute atomic E-state index is 13.9. The Morgan fingerprint density at radius 1 is 1.00 bits per heavy atom. The summed E-state index contributed by atoms with van der Waals surface area (Å²) in [6.45, 7) is 7.06. The second kappa shape index (κ2) is 9.20. The molecule has 4 aromatic rings. The van der Waals surface area contributed by atoms with Crippen molar-refractivity contribution < 1.29 is 28.6 Å². The number of halogens is 1. The zero-order valence-electron chi connectivity index (χ0n) is 21.5. The molecule has 9 heteroatoms. The average molecular weight is 545 g/mol. The van der Waals surface area contributed by atoms with Crippen molar-refractivity contribution in [2.24, 2.45) is 0 Å². The van der Waals surface area contributed by atoms with Gasteiger partial charge < -0.3 is 14.6 Å². The van der Waals surface area contributed by atoms with Gasteiger partial charge in [0.2, 0.25) is 0 Å². The highest BCUT2D eigenvalue weighted by atomic mass is 32.1. The molecule has 2 aliphatic rings. The summed E-state index contributed by atoms with van der Waals surface area (Å²) in [5.74, 6) is -1.43. The molecule has 2 aliphatic heterocycles. The van der Waals surface area contributed by atoms with E-state index in [1.54, 1.807) is 18.2 Å². The molecule has 1 fully saturated rings. The van der Waals surface area contributed by atoms with Gasteiger partial charge in [0.05, 0.1) is 21.8 Å². The van der Waals surface area contributed by atoms with Gasteiger partial charge in [-0.25, -0.2) is 9.37 Å². The molecule has 198 valence electrons. The predicted molar refractivity (Wildman–Crippen MR) is 147 cm³/mol. The quantitative estimate of drug-likeness (QED) is 0.190. The van der Waals surface area contributed by atoms with Crippen molar-refractivity contribution in [2.45, 2.75) is 32.2 Å². The standard InChI is InChI=1S/C30H25FN2O5S/c1-30(2,3)18-7-4-16(5-8-18)25-24(26(34)17-6-11-21-22(14-17)38-13-12-37-21)27(35)28(36)33(25)29-32-20-10-9-19(31)15-23(20)39-29/h4-11,14-15,25,34H,12-13H2,1-3H3/b26-24+.